The minimum Gasteiger partial charge on any atom is -0.419 e. The SMILES string of the molecule is O=C1[C@H]2CC=CC[C@@H]2C(=O)N1CN(Cc1nnc(-c2ccc(Cl)cc2)o1)C1CC1. The quantitative estimate of drug-likeness (QED) is 0.535. The number of amides is 2. The summed E-state index contributed by atoms with van der Waals surface area (Å²) in [7, 11) is 0. The summed E-state index contributed by atoms with van der Waals surface area (Å²) >= 11 is 5.93. The third-order valence-electron chi connectivity index (χ3n) is 5.88. The van der Waals surface area contributed by atoms with Gasteiger partial charge in [-0.2, -0.15) is 0 Å². The molecule has 2 aliphatic carbocycles. The zero-order valence-electron chi connectivity index (χ0n) is 15.8. The van der Waals surface area contributed by atoms with Crippen molar-refractivity contribution in [2.45, 2.75) is 38.3 Å². The van der Waals surface area contributed by atoms with Crippen LogP contribution in [-0.4, -0.2) is 44.5 Å². The Morgan fingerprint density at radius 3 is 2.31 bits per heavy atom. The molecular weight excluding hydrogens is 392 g/mol. The number of carbonyl (C=O) groups excluding carboxylic acids is 2. The number of hydrogen-bond donors (Lipinski definition) is 0. The zero-order chi connectivity index (χ0) is 20.0. The van der Waals surface area contributed by atoms with Crippen molar-refractivity contribution in [1.82, 2.24) is 20.0 Å². The van der Waals surface area contributed by atoms with Gasteiger partial charge < -0.3 is 4.42 Å². The van der Waals surface area contributed by atoms with Crippen LogP contribution in [0, 0.1) is 11.8 Å². The fourth-order valence-electron chi connectivity index (χ4n) is 4.12. The molecule has 0 unspecified atom stereocenters. The van der Waals surface area contributed by atoms with Crippen LogP contribution in [0.4, 0.5) is 0 Å². The summed E-state index contributed by atoms with van der Waals surface area (Å²) in [6, 6.07) is 7.54. The van der Waals surface area contributed by atoms with E-state index in [2.05, 4.69) is 15.1 Å². The lowest BCUT2D eigenvalue weighted by atomic mass is 9.85. The molecule has 0 N–H and O–H groups in total. The fraction of sp³-hybridized carbons (Fsp3) is 0.429. The summed E-state index contributed by atoms with van der Waals surface area (Å²) in [5.41, 5.74) is 0.799. The minimum atomic E-state index is -0.200. The lowest BCUT2D eigenvalue weighted by Crippen LogP contribution is -2.42. The number of carbonyl (C=O) groups is 2. The molecule has 150 valence electrons. The lowest BCUT2D eigenvalue weighted by Gasteiger charge is -2.25. The molecule has 2 atom stereocenters. The van der Waals surface area contributed by atoms with Gasteiger partial charge in [-0.3, -0.25) is 19.4 Å². The molecule has 1 aliphatic heterocycles. The predicted molar refractivity (Wildman–Crippen MR) is 105 cm³/mol. The molecule has 8 heteroatoms. The molecule has 2 aromatic rings. The maximum atomic E-state index is 12.8. The van der Waals surface area contributed by atoms with Crippen LogP contribution in [0.5, 0.6) is 0 Å². The van der Waals surface area contributed by atoms with Crippen LogP contribution in [0.15, 0.2) is 40.8 Å². The number of benzene rings is 1. The average molecular weight is 413 g/mol. The first-order valence-electron chi connectivity index (χ1n) is 9.93. The first kappa shape index (κ1) is 18.5. The summed E-state index contributed by atoms with van der Waals surface area (Å²) in [5.74, 6) is 0.393. The number of fused-ring (bicyclic) bond motifs is 1. The van der Waals surface area contributed by atoms with E-state index in [9.17, 15) is 9.59 Å². The maximum Gasteiger partial charge on any atom is 0.247 e. The molecule has 1 saturated heterocycles. The third kappa shape index (κ3) is 3.60. The van der Waals surface area contributed by atoms with Crippen molar-refractivity contribution < 1.29 is 14.0 Å². The number of allylic oxidation sites excluding steroid dienone is 2. The second-order valence-electron chi connectivity index (χ2n) is 7.89. The second kappa shape index (κ2) is 7.39. The van der Waals surface area contributed by atoms with Crippen LogP contribution in [-0.2, 0) is 16.1 Å². The van der Waals surface area contributed by atoms with Crippen LogP contribution >= 0.6 is 11.6 Å². The van der Waals surface area contributed by atoms with E-state index in [4.69, 9.17) is 16.0 Å². The largest absolute Gasteiger partial charge is 0.419 e. The number of nitrogens with zero attached hydrogens (tertiary/aromatic N) is 4. The number of hydrogen-bond acceptors (Lipinski definition) is 6. The van der Waals surface area contributed by atoms with Crippen molar-refractivity contribution in [3.8, 4) is 11.5 Å². The number of rotatable bonds is 6. The van der Waals surface area contributed by atoms with E-state index in [-0.39, 0.29) is 30.3 Å². The van der Waals surface area contributed by atoms with Gasteiger partial charge in [-0.1, -0.05) is 23.8 Å². The number of aromatic nitrogens is 2. The first-order valence-corrected chi connectivity index (χ1v) is 10.3. The Kier molecular flexibility index (Phi) is 4.72. The van der Waals surface area contributed by atoms with Gasteiger partial charge in [-0.05, 0) is 49.9 Å². The Labute approximate surface area is 173 Å². The highest BCUT2D eigenvalue weighted by Crippen LogP contribution is 2.36. The van der Waals surface area contributed by atoms with E-state index in [1.807, 2.05) is 24.3 Å². The van der Waals surface area contributed by atoms with Crippen LogP contribution in [0.3, 0.4) is 0 Å². The van der Waals surface area contributed by atoms with Crippen LogP contribution in [0.2, 0.25) is 5.02 Å². The van der Waals surface area contributed by atoms with Crippen molar-refractivity contribution in [3.05, 3.63) is 47.3 Å². The molecule has 5 rings (SSSR count). The fourth-order valence-corrected chi connectivity index (χ4v) is 4.25. The molecular formula is C21H21ClN4O3. The molecule has 0 radical (unpaired) electrons. The third-order valence-corrected chi connectivity index (χ3v) is 6.13. The highest BCUT2D eigenvalue weighted by molar-refractivity contribution is 6.30. The molecule has 1 aromatic carbocycles. The second-order valence-corrected chi connectivity index (χ2v) is 8.32. The van der Waals surface area contributed by atoms with E-state index < -0.39 is 0 Å². The van der Waals surface area contributed by atoms with E-state index in [1.165, 1.54) is 4.90 Å². The van der Waals surface area contributed by atoms with E-state index >= 15 is 0 Å². The van der Waals surface area contributed by atoms with Crippen LogP contribution in [0.1, 0.15) is 31.6 Å². The molecule has 1 saturated carbocycles. The number of halogens is 1. The monoisotopic (exact) mass is 412 g/mol. The number of likely N-dealkylation sites (tertiary alicyclic amines) is 1. The summed E-state index contributed by atoms with van der Waals surface area (Å²) < 4.78 is 5.83. The normalized spacial score (nSPS) is 23.9. The summed E-state index contributed by atoms with van der Waals surface area (Å²) in [5, 5.41) is 8.93. The zero-order valence-corrected chi connectivity index (χ0v) is 16.6. The van der Waals surface area contributed by atoms with Crippen molar-refractivity contribution in [3.63, 3.8) is 0 Å². The Morgan fingerprint density at radius 2 is 1.69 bits per heavy atom. The summed E-state index contributed by atoms with van der Waals surface area (Å²) in [4.78, 5) is 29.1. The lowest BCUT2D eigenvalue weighted by molar-refractivity contribution is -0.142. The average Bonchev–Trinajstić information content (AvgIpc) is 3.44. The molecule has 2 heterocycles. The predicted octanol–water partition coefficient (Wildman–Crippen LogP) is 3.26. The smallest absolute Gasteiger partial charge is 0.247 e. The Balaban J connectivity index is 1.30. The van der Waals surface area contributed by atoms with Gasteiger partial charge in [0.15, 0.2) is 0 Å². The van der Waals surface area contributed by atoms with Crippen molar-refractivity contribution >= 4 is 23.4 Å². The molecule has 3 aliphatic rings. The first-order chi connectivity index (χ1) is 14.1. The van der Waals surface area contributed by atoms with Crippen LogP contribution in [0.25, 0.3) is 11.5 Å². The van der Waals surface area contributed by atoms with Gasteiger partial charge in [0, 0.05) is 16.6 Å². The standard InChI is InChI=1S/C21H21ClN4O3/c22-14-7-5-13(6-8-14)19-24-23-18(29-19)11-25(15-9-10-15)12-26-20(27)16-3-1-2-4-17(16)21(26)28/h1-2,5-8,15-17H,3-4,9-12H2/t16-,17-/m0/s1. The molecule has 2 fully saturated rings. The topological polar surface area (TPSA) is 79.5 Å². The van der Waals surface area contributed by atoms with Gasteiger partial charge in [0.2, 0.25) is 23.6 Å². The Hall–Kier alpha value is -2.51. The minimum absolute atomic E-state index is 0.0533. The molecule has 7 nitrogen and oxygen atoms in total. The van der Waals surface area contributed by atoms with Gasteiger partial charge in [-0.15, -0.1) is 10.2 Å². The van der Waals surface area contributed by atoms with Gasteiger partial charge in [-0.25, -0.2) is 0 Å². The number of imide groups is 1. The molecule has 1 aromatic heterocycles. The highest BCUT2D eigenvalue weighted by atomic mass is 35.5. The van der Waals surface area contributed by atoms with E-state index in [1.54, 1.807) is 12.1 Å². The van der Waals surface area contributed by atoms with Gasteiger partial charge in [0.1, 0.15) is 0 Å². The molecule has 2 amide bonds. The van der Waals surface area contributed by atoms with Crippen molar-refractivity contribution in [2.75, 3.05) is 6.67 Å². The summed E-state index contributed by atoms with van der Waals surface area (Å²) in [6.45, 7) is 0.698. The van der Waals surface area contributed by atoms with Crippen molar-refractivity contribution in [1.29, 1.82) is 0 Å². The van der Waals surface area contributed by atoms with Crippen LogP contribution < -0.4 is 0 Å². The van der Waals surface area contributed by atoms with Gasteiger partial charge >= 0.3 is 0 Å². The van der Waals surface area contributed by atoms with Crippen molar-refractivity contribution in [2.24, 2.45) is 11.8 Å². The Morgan fingerprint density at radius 1 is 1.03 bits per heavy atom. The molecule has 0 bridgehead atoms. The van der Waals surface area contributed by atoms with Gasteiger partial charge in [0.05, 0.1) is 25.0 Å². The van der Waals surface area contributed by atoms with E-state index in [0.29, 0.717) is 42.2 Å². The molecule has 29 heavy (non-hydrogen) atoms. The van der Waals surface area contributed by atoms with Gasteiger partial charge in [0.25, 0.3) is 0 Å². The van der Waals surface area contributed by atoms with E-state index in [0.717, 1.165) is 18.4 Å². The summed E-state index contributed by atoms with van der Waals surface area (Å²) in [6.07, 6.45) is 7.41. The maximum absolute atomic E-state index is 12.8. The highest BCUT2D eigenvalue weighted by Gasteiger charge is 2.48. The molecule has 0 spiro atoms. The Bertz CT molecular complexity index is 941.